The van der Waals surface area contributed by atoms with E-state index in [9.17, 15) is 0 Å². The Balaban J connectivity index is 1.64. The summed E-state index contributed by atoms with van der Waals surface area (Å²) in [6, 6.07) is 6.07. The Hall–Kier alpha value is -1.86. The molecular formula is C14H18N6S. The van der Waals surface area contributed by atoms with Crippen molar-refractivity contribution in [2.24, 2.45) is 0 Å². The van der Waals surface area contributed by atoms with Crippen LogP contribution < -0.4 is 5.32 Å². The normalized spacial score (nSPS) is 12.1. The number of hydrogen-bond donors (Lipinski definition) is 1. The molecule has 1 aromatic carbocycles. The van der Waals surface area contributed by atoms with Crippen LogP contribution in [-0.2, 0) is 18.6 Å². The van der Waals surface area contributed by atoms with Crippen molar-refractivity contribution in [2.75, 3.05) is 0 Å². The van der Waals surface area contributed by atoms with E-state index in [1.165, 1.54) is 11.7 Å². The molecule has 0 amide bonds. The first-order chi connectivity index (χ1) is 10.0. The predicted octanol–water partition coefficient (Wildman–Crippen LogP) is 2.33. The highest BCUT2D eigenvalue weighted by molar-refractivity contribution is 7.00. The molecule has 0 spiro atoms. The molecule has 2 heterocycles. The Morgan fingerprint density at radius 1 is 1.19 bits per heavy atom. The molecule has 0 radical (unpaired) electrons. The van der Waals surface area contributed by atoms with Gasteiger partial charge in [0.05, 0.1) is 29.2 Å². The van der Waals surface area contributed by atoms with E-state index in [2.05, 4.69) is 51.2 Å². The van der Waals surface area contributed by atoms with E-state index >= 15 is 0 Å². The molecule has 3 aromatic rings. The Bertz CT molecular complexity index is 739. The van der Waals surface area contributed by atoms with Crippen LogP contribution >= 0.6 is 11.7 Å². The van der Waals surface area contributed by atoms with Gasteiger partial charge in [-0.2, -0.15) is 8.75 Å². The van der Waals surface area contributed by atoms with Crippen LogP contribution in [0.1, 0.15) is 32.0 Å². The molecule has 6 nitrogen and oxygen atoms in total. The van der Waals surface area contributed by atoms with Crippen LogP contribution in [0, 0.1) is 0 Å². The highest BCUT2D eigenvalue weighted by Crippen LogP contribution is 2.16. The Morgan fingerprint density at radius 2 is 2.05 bits per heavy atom. The summed E-state index contributed by atoms with van der Waals surface area (Å²) in [5.74, 6) is 0. The fraction of sp³-hybridized carbons (Fsp3) is 0.429. The van der Waals surface area contributed by atoms with E-state index in [4.69, 9.17) is 0 Å². The van der Waals surface area contributed by atoms with Crippen LogP contribution in [-0.4, -0.2) is 23.7 Å². The fourth-order valence-electron chi connectivity index (χ4n) is 2.04. The van der Waals surface area contributed by atoms with Gasteiger partial charge < -0.3 is 5.32 Å². The molecule has 2 aromatic heterocycles. The fourth-order valence-corrected chi connectivity index (χ4v) is 2.61. The monoisotopic (exact) mass is 302 g/mol. The second kappa shape index (κ2) is 5.50. The average Bonchev–Trinajstić information content (AvgIpc) is 3.06. The van der Waals surface area contributed by atoms with Crippen molar-refractivity contribution in [2.45, 2.75) is 39.4 Å². The van der Waals surface area contributed by atoms with E-state index in [1.54, 1.807) is 0 Å². The minimum atomic E-state index is -0.0386. The van der Waals surface area contributed by atoms with Gasteiger partial charge in [0, 0.05) is 13.1 Å². The number of fused-ring (bicyclic) bond motifs is 1. The van der Waals surface area contributed by atoms with E-state index < -0.39 is 0 Å². The number of benzene rings is 1. The van der Waals surface area contributed by atoms with Crippen LogP contribution in [0.25, 0.3) is 11.0 Å². The second-order valence-electron chi connectivity index (χ2n) is 5.98. The van der Waals surface area contributed by atoms with Gasteiger partial charge in [-0.25, -0.2) is 4.68 Å². The van der Waals surface area contributed by atoms with E-state index in [-0.39, 0.29) is 5.54 Å². The molecule has 7 heteroatoms. The lowest BCUT2D eigenvalue weighted by atomic mass is 10.1. The van der Waals surface area contributed by atoms with Crippen molar-refractivity contribution in [1.29, 1.82) is 0 Å². The van der Waals surface area contributed by atoms with Gasteiger partial charge in [-0.1, -0.05) is 17.3 Å². The third-order valence-corrected chi connectivity index (χ3v) is 3.76. The van der Waals surface area contributed by atoms with E-state index in [1.807, 2.05) is 23.0 Å². The van der Waals surface area contributed by atoms with Gasteiger partial charge in [0.15, 0.2) is 0 Å². The summed E-state index contributed by atoms with van der Waals surface area (Å²) >= 11 is 1.25. The summed E-state index contributed by atoms with van der Waals surface area (Å²) in [5.41, 5.74) is 3.99. The van der Waals surface area contributed by atoms with Gasteiger partial charge in [0.1, 0.15) is 11.0 Å². The van der Waals surface area contributed by atoms with Crippen LogP contribution in [0.15, 0.2) is 24.4 Å². The van der Waals surface area contributed by atoms with Gasteiger partial charge in [0.2, 0.25) is 0 Å². The minimum Gasteiger partial charge on any atom is -0.307 e. The molecule has 1 N–H and O–H groups in total. The van der Waals surface area contributed by atoms with Crippen molar-refractivity contribution in [3.8, 4) is 0 Å². The Morgan fingerprint density at radius 3 is 2.81 bits per heavy atom. The lowest BCUT2D eigenvalue weighted by molar-refractivity contribution is 0.347. The molecule has 0 saturated heterocycles. The van der Waals surface area contributed by atoms with Gasteiger partial charge in [-0.05, 0) is 32.4 Å². The van der Waals surface area contributed by atoms with Crippen LogP contribution in [0.2, 0.25) is 0 Å². The molecule has 3 rings (SSSR count). The molecule has 21 heavy (non-hydrogen) atoms. The predicted molar refractivity (Wildman–Crippen MR) is 83.0 cm³/mol. The number of aromatic nitrogens is 5. The quantitative estimate of drug-likeness (QED) is 0.801. The van der Waals surface area contributed by atoms with Crippen molar-refractivity contribution in [1.82, 2.24) is 29.1 Å². The highest BCUT2D eigenvalue weighted by Gasteiger charge is 2.14. The standard InChI is InChI=1S/C14H18N6S/c1-14(2,3)20-9-11(16-19-20)8-15-7-10-5-4-6-12-13(10)18-21-17-12/h4-6,9,15H,7-8H2,1-3H3. The Labute approximate surface area is 127 Å². The van der Waals surface area contributed by atoms with Gasteiger partial charge >= 0.3 is 0 Å². The minimum absolute atomic E-state index is 0.0386. The number of nitrogens with one attached hydrogen (secondary N) is 1. The third kappa shape index (κ3) is 3.08. The molecule has 0 unspecified atom stereocenters. The number of nitrogens with zero attached hydrogens (tertiary/aromatic N) is 5. The highest BCUT2D eigenvalue weighted by atomic mass is 32.1. The first-order valence-electron chi connectivity index (χ1n) is 6.86. The third-order valence-electron chi connectivity index (χ3n) is 3.22. The summed E-state index contributed by atoms with van der Waals surface area (Å²) in [7, 11) is 0. The molecule has 0 bridgehead atoms. The van der Waals surface area contributed by atoms with Crippen molar-refractivity contribution >= 4 is 22.8 Å². The maximum atomic E-state index is 4.34. The van der Waals surface area contributed by atoms with Gasteiger partial charge in [-0.15, -0.1) is 5.10 Å². The largest absolute Gasteiger partial charge is 0.307 e. The zero-order valence-corrected chi connectivity index (χ0v) is 13.2. The molecular weight excluding hydrogens is 284 g/mol. The van der Waals surface area contributed by atoms with Crippen molar-refractivity contribution < 1.29 is 0 Å². The molecule has 110 valence electrons. The first-order valence-corrected chi connectivity index (χ1v) is 7.59. The summed E-state index contributed by atoms with van der Waals surface area (Å²) in [6.07, 6.45) is 1.98. The summed E-state index contributed by atoms with van der Waals surface area (Å²) in [4.78, 5) is 0. The SMILES string of the molecule is CC(C)(C)n1cc(CNCc2cccc3nsnc23)nn1. The van der Waals surface area contributed by atoms with Crippen LogP contribution in [0.4, 0.5) is 0 Å². The summed E-state index contributed by atoms with van der Waals surface area (Å²) < 4.78 is 10.5. The van der Waals surface area contributed by atoms with Crippen LogP contribution in [0.3, 0.4) is 0 Å². The smallest absolute Gasteiger partial charge is 0.109 e. The summed E-state index contributed by atoms with van der Waals surface area (Å²) in [5, 5.41) is 11.7. The van der Waals surface area contributed by atoms with Crippen molar-refractivity contribution in [3.63, 3.8) is 0 Å². The van der Waals surface area contributed by atoms with Crippen LogP contribution in [0.5, 0.6) is 0 Å². The Kier molecular flexibility index (Phi) is 3.69. The topological polar surface area (TPSA) is 68.5 Å². The zero-order valence-electron chi connectivity index (χ0n) is 12.4. The number of hydrogen-bond acceptors (Lipinski definition) is 6. The number of rotatable bonds is 4. The second-order valence-corrected chi connectivity index (χ2v) is 6.51. The average molecular weight is 302 g/mol. The maximum Gasteiger partial charge on any atom is 0.109 e. The maximum absolute atomic E-state index is 4.34. The zero-order chi connectivity index (χ0) is 14.9. The van der Waals surface area contributed by atoms with Crippen molar-refractivity contribution in [3.05, 3.63) is 35.7 Å². The molecule has 0 fully saturated rings. The van der Waals surface area contributed by atoms with Gasteiger partial charge in [-0.3, -0.25) is 0 Å². The molecule has 0 aliphatic carbocycles. The lowest BCUT2D eigenvalue weighted by Gasteiger charge is -2.17. The first kappa shape index (κ1) is 14.1. The molecule has 0 aliphatic heterocycles. The molecule has 0 aliphatic rings. The molecule has 0 saturated carbocycles. The van der Waals surface area contributed by atoms with E-state index in [0.29, 0.717) is 6.54 Å². The van der Waals surface area contributed by atoms with E-state index in [0.717, 1.165) is 28.8 Å². The van der Waals surface area contributed by atoms with Gasteiger partial charge in [0.25, 0.3) is 0 Å². The lowest BCUT2D eigenvalue weighted by Crippen LogP contribution is -2.22. The summed E-state index contributed by atoms with van der Waals surface area (Å²) in [6.45, 7) is 7.74. The molecule has 0 atom stereocenters.